The summed E-state index contributed by atoms with van der Waals surface area (Å²) in [6.45, 7) is 2.58. The molecular weight excluding hydrogens is 242 g/mol. The van der Waals surface area contributed by atoms with Gasteiger partial charge < -0.3 is 9.30 Å². The topological polar surface area (TPSA) is 48.3 Å². The lowest BCUT2D eigenvalue weighted by Crippen LogP contribution is -2.26. The summed E-state index contributed by atoms with van der Waals surface area (Å²) in [6, 6.07) is 9.00. The van der Waals surface area contributed by atoms with E-state index in [4.69, 9.17) is 4.74 Å². The number of ether oxygens (including phenoxy) is 1. The summed E-state index contributed by atoms with van der Waals surface area (Å²) in [7, 11) is 1.33. The second-order valence-corrected chi connectivity index (χ2v) is 4.42. The third-order valence-electron chi connectivity index (χ3n) is 3.15. The summed E-state index contributed by atoms with van der Waals surface area (Å²) in [6.07, 6.45) is 1.81. The summed E-state index contributed by atoms with van der Waals surface area (Å²) < 4.78 is 6.27. The minimum Gasteiger partial charge on any atom is -0.464 e. The molecule has 0 saturated heterocycles. The number of rotatable bonds is 4. The van der Waals surface area contributed by atoms with Crippen molar-refractivity contribution in [3.63, 3.8) is 0 Å². The molecule has 0 saturated carbocycles. The van der Waals surface area contributed by atoms with E-state index in [1.807, 2.05) is 25.1 Å². The minimum atomic E-state index is -0.473. The van der Waals surface area contributed by atoms with E-state index in [0.29, 0.717) is 17.6 Å². The molecule has 0 radical (unpaired) electrons. The highest BCUT2D eigenvalue weighted by atomic mass is 16.5. The molecule has 1 aromatic carbocycles. The first-order valence-electron chi connectivity index (χ1n) is 6.40. The predicted octanol–water partition coefficient (Wildman–Crippen LogP) is 2.59. The van der Waals surface area contributed by atoms with E-state index in [9.17, 15) is 9.59 Å². The van der Waals surface area contributed by atoms with Crippen LogP contribution in [-0.2, 0) is 11.3 Å². The third kappa shape index (κ3) is 2.52. The van der Waals surface area contributed by atoms with E-state index >= 15 is 0 Å². The number of fused-ring (bicyclic) bond motifs is 1. The first kappa shape index (κ1) is 13.3. The van der Waals surface area contributed by atoms with Gasteiger partial charge >= 0.3 is 5.97 Å². The Morgan fingerprint density at radius 1 is 1.32 bits per heavy atom. The molecule has 0 fully saturated rings. The lowest BCUT2D eigenvalue weighted by molar-refractivity contribution is 0.0586. The lowest BCUT2D eigenvalue weighted by Gasteiger charge is -2.12. The largest absolute Gasteiger partial charge is 0.464 e. The number of aromatic nitrogens is 1. The molecule has 0 amide bonds. The number of methoxy groups -OCH3 is 1. The SMILES string of the molecule is CCCCn1c(C(=O)OC)cc2ccccc2c1=O. The number of unbranched alkanes of at least 4 members (excludes halogenated alkanes) is 1. The first-order chi connectivity index (χ1) is 9.19. The fourth-order valence-electron chi connectivity index (χ4n) is 2.11. The van der Waals surface area contributed by atoms with Crippen molar-refractivity contribution in [2.45, 2.75) is 26.3 Å². The third-order valence-corrected chi connectivity index (χ3v) is 3.15. The van der Waals surface area contributed by atoms with Gasteiger partial charge in [0.15, 0.2) is 0 Å². The Hall–Kier alpha value is -2.10. The number of benzene rings is 1. The highest BCUT2D eigenvalue weighted by molar-refractivity contribution is 5.93. The molecule has 0 spiro atoms. The van der Waals surface area contributed by atoms with Crippen LogP contribution in [0.25, 0.3) is 10.8 Å². The monoisotopic (exact) mass is 259 g/mol. The molecule has 1 aromatic heterocycles. The fraction of sp³-hybridized carbons (Fsp3) is 0.333. The highest BCUT2D eigenvalue weighted by Gasteiger charge is 2.15. The van der Waals surface area contributed by atoms with Gasteiger partial charge in [0.05, 0.1) is 7.11 Å². The number of carbonyl (C=O) groups excluding carboxylic acids is 1. The average Bonchev–Trinajstić information content (AvgIpc) is 2.45. The van der Waals surface area contributed by atoms with Gasteiger partial charge in [-0.15, -0.1) is 0 Å². The van der Waals surface area contributed by atoms with Gasteiger partial charge in [0.25, 0.3) is 5.56 Å². The molecule has 0 aliphatic carbocycles. The van der Waals surface area contributed by atoms with Crippen LogP contribution in [-0.4, -0.2) is 17.6 Å². The molecule has 1 heterocycles. The Morgan fingerprint density at radius 2 is 2.05 bits per heavy atom. The van der Waals surface area contributed by atoms with Crippen LogP contribution in [0.5, 0.6) is 0 Å². The molecule has 0 atom stereocenters. The second kappa shape index (κ2) is 5.69. The molecule has 4 heteroatoms. The van der Waals surface area contributed by atoms with Gasteiger partial charge in [-0.2, -0.15) is 0 Å². The maximum Gasteiger partial charge on any atom is 0.354 e. The zero-order valence-electron chi connectivity index (χ0n) is 11.2. The zero-order chi connectivity index (χ0) is 13.8. The Labute approximate surface area is 111 Å². The summed E-state index contributed by atoms with van der Waals surface area (Å²) in [5.74, 6) is -0.473. The van der Waals surface area contributed by atoms with Crippen molar-refractivity contribution in [3.8, 4) is 0 Å². The Balaban J connectivity index is 2.69. The van der Waals surface area contributed by atoms with Gasteiger partial charge in [-0.05, 0) is 23.9 Å². The maximum absolute atomic E-state index is 12.4. The van der Waals surface area contributed by atoms with Crippen LogP contribution >= 0.6 is 0 Å². The van der Waals surface area contributed by atoms with Crippen molar-refractivity contribution < 1.29 is 9.53 Å². The van der Waals surface area contributed by atoms with Crippen molar-refractivity contribution in [3.05, 3.63) is 46.4 Å². The standard InChI is InChI=1S/C15H17NO3/c1-3-4-9-16-13(15(18)19-2)10-11-7-5-6-8-12(11)14(16)17/h5-8,10H,3-4,9H2,1-2H3. The molecule has 0 unspecified atom stereocenters. The predicted molar refractivity (Wildman–Crippen MR) is 74.5 cm³/mol. The van der Waals surface area contributed by atoms with Crippen LogP contribution in [0, 0.1) is 0 Å². The van der Waals surface area contributed by atoms with E-state index in [0.717, 1.165) is 18.2 Å². The van der Waals surface area contributed by atoms with E-state index in [-0.39, 0.29) is 5.56 Å². The Bertz CT molecular complexity index is 658. The highest BCUT2D eigenvalue weighted by Crippen LogP contribution is 2.13. The number of esters is 1. The molecule has 4 nitrogen and oxygen atoms in total. The van der Waals surface area contributed by atoms with Gasteiger partial charge in [0, 0.05) is 11.9 Å². The second-order valence-electron chi connectivity index (χ2n) is 4.42. The molecule has 0 N–H and O–H groups in total. The summed E-state index contributed by atoms with van der Waals surface area (Å²) in [5.41, 5.74) is 0.187. The van der Waals surface area contributed by atoms with E-state index < -0.39 is 5.97 Å². The Kier molecular flexibility index (Phi) is 4.00. The van der Waals surface area contributed by atoms with Crippen molar-refractivity contribution in [2.75, 3.05) is 7.11 Å². The molecule has 0 aliphatic heterocycles. The van der Waals surface area contributed by atoms with Crippen LogP contribution in [0.15, 0.2) is 35.1 Å². The smallest absolute Gasteiger partial charge is 0.354 e. The fourth-order valence-corrected chi connectivity index (χ4v) is 2.11. The first-order valence-corrected chi connectivity index (χ1v) is 6.40. The molecule has 2 aromatic rings. The van der Waals surface area contributed by atoms with Gasteiger partial charge in [-0.1, -0.05) is 31.5 Å². The summed E-state index contributed by atoms with van der Waals surface area (Å²) in [5, 5.41) is 1.40. The number of hydrogen-bond donors (Lipinski definition) is 0. The molecule has 2 rings (SSSR count). The van der Waals surface area contributed by atoms with Crippen molar-refractivity contribution >= 4 is 16.7 Å². The Morgan fingerprint density at radius 3 is 2.74 bits per heavy atom. The normalized spacial score (nSPS) is 10.6. The van der Waals surface area contributed by atoms with Crippen molar-refractivity contribution in [1.29, 1.82) is 0 Å². The molecule has 19 heavy (non-hydrogen) atoms. The summed E-state index contributed by atoms with van der Waals surface area (Å²) in [4.78, 5) is 24.2. The molecule has 0 aliphatic rings. The quantitative estimate of drug-likeness (QED) is 0.793. The number of hydrogen-bond acceptors (Lipinski definition) is 3. The van der Waals surface area contributed by atoms with Crippen LogP contribution in [0.3, 0.4) is 0 Å². The van der Waals surface area contributed by atoms with Crippen molar-refractivity contribution in [2.24, 2.45) is 0 Å². The van der Waals surface area contributed by atoms with Crippen LogP contribution < -0.4 is 5.56 Å². The average molecular weight is 259 g/mol. The zero-order valence-corrected chi connectivity index (χ0v) is 11.2. The van der Waals surface area contributed by atoms with Gasteiger partial charge in [-0.3, -0.25) is 4.79 Å². The van der Waals surface area contributed by atoms with Crippen LogP contribution in [0.1, 0.15) is 30.3 Å². The molecular formula is C15H17NO3. The van der Waals surface area contributed by atoms with Crippen LogP contribution in [0.2, 0.25) is 0 Å². The van der Waals surface area contributed by atoms with Gasteiger partial charge in [0.2, 0.25) is 0 Å². The number of carbonyl (C=O) groups is 1. The summed E-state index contributed by atoms with van der Waals surface area (Å²) >= 11 is 0. The maximum atomic E-state index is 12.4. The van der Waals surface area contributed by atoms with Gasteiger partial charge in [-0.25, -0.2) is 4.79 Å². The van der Waals surface area contributed by atoms with E-state index in [1.165, 1.54) is 11.7 Å². The minimum absolute atomic E-state index is 0.132. The number of nitrogens with zero attached hydrogens (tertiary/aromatic N) is 1. The van der Waals surface area contributed by atoms with E-state index in [2.05, 4.69) is 0 Å². The lowest BCUT2D eigenvalue weighted by atomic mass is 10.1. The number of pyridine rings is 1. The van der Waals surface area contributed by atoms with Crippen LogP contribution in [0.4, 0.5) is 0 Å². The molecule has 100 valence electrons. The molecule has 0 bridgehead atoms. The van der Waals surface area contributed by atoms with Crippen molar-refractivity contribution in [1.82, 2.24) is 4.57 Å². The van der Waals surface area contributed by atoms with E-state index in [1.54, 1.807) is 12.1 Å². The van der Waals surface area contributed by atoms with Gasteiger partial charge in [0.1, 0.15) is 5.69 Å².